The van der Waals surface area contributed by atoms with E-state index in [1.807, 2.05) is 30.3 Å². The molecule has 0 N–H and O–H groups in total. The minimum Gasteiger partial charge on any atom is -0.453 e. The first-order valence-corrected chi connectivity index (χ1v) is 8.21. The van der Waals surface area contributed by atoms with Gasteiger partial charge in [-0.2, -0.15) is 0 Å². The van der Waals surface area contributed by atoms with Crippen molar-refractivity contribution in [2.75, 3.05) is 19.6 Å². The van der Waals surface area contributed by atoms with Crippen molar-refractivity contribution in [1.82, 2.24) is 4.90 Å². The Bertz CT molecular complexity index is 627. The normalized spacial score (nSPS) is 15.9. The van der Waals surface area contributed by atoms with E-state index in [2.05, 4.69) is 4.90 Å². The zero-order valence-electron chi connectivity index (χ0n) is 12.6. The highest BCUT2D eigenvalue weighted by Crippen LogP contribution is 2.24. The van der Waals surface area contributed by atoms with Crippen LogP contribution in [0.15, 0.2) is 40.8 Å². The summed E-state index contributed by atoms with van der Waals surface area (Å²) in [4.78, 5) is 14.6. The van der Waals surface area contributed by atoms with Crippen LogP contribution in [-0.4, -0.2) is 30.3 Å². The number of benzene rings is 1. The van der Waals surface area contributed by atoms with Gasteiger partial charge in [-0.25, -0.2) is 0 Å². The molecule has 1 saturated heterocycles. The van der Waals surface area contributed by atoms with Crippen molar-refractivity contribution in [2.45, 2.75) is 25.7 Å². The highest BCUT2D eigenvalue weighted by molar-refractivity contribution is 6.30. The maximum atomic E-state index is 12.2. The summed E-state index contributed by atoms with van der Waals surface area (Å²) in [5.41, 5.74) is 0.930. The van der Waals surface area contributed by atoms with Gasteiger partial charge in [0.2, 0.25) is 0 Å². The summed E-state index contributed by atoms with van der Waals surface area (Å²) >= 11 is 5.88. The molecule has 22 heavy (non-hydrogen) atoms. The van der Waals surface area contributed by atoms with Gasteiger partial charge < -0.3 is 9.32 Å². The minimum absolute atomic E-state index is 0.0748. The Balaban J connectivity index is 1.60. The van der Waals surface area contributed by atoms with Gasteiger partial charge in [-0.15, -0.1) is 0 Å². The Morgan fingerprint density at radius 2 is 1.77 bits per heavy atom. The summed E-state index contributed by atoms with van der Waals surface area (Å²) in [6, 6.07) is 11.0. The maximum Gasteiger partial charge on any atom is 0.199 e. The van der Waals surface area contributed by atoms with Crippen LogP contribution in [0.2, 0.25) is 5.02 Å². The van der Waals surface area contributed by atoms with E-state index in [1.54, 1.807) is 6.07 Å². The number of hydrogen-bond donors (Lipinski definition) is 0. The second-order valence-electron chi connectivity index (χ2n) is 5.75. The molecule has 1 aromatic carbocycles. The van der Waals surface area contributed by atoms with Gasteiger partial charge in [-0.05, 0) is 62.3 Å². The molecule has 1 fully saturated rings. The van der Waals surface area contributed by atoms with Crippen LogP contribution in [0, 0.1) is 0 Å². The summed E-state index contributed by atoms with van der Waals surface area (Å²) in [7, 11) is 0. The van der Waals surface area contributed by atoms with Crippen LogP contribution in [0.5, 0.6) is 0 Å². The summed E-state index contributed by atoms with van der Waals surface area (Å²) in [5.74, 6) is 1.23. The molecule has 0 unspecified atom stereocenters. The number of ketones is 1. The molecule has 0 bridgehead atoms. The van der Waals surface area contributed by atoms with Crippen molar-refractivity contribution in [1.29, 1.82) is 0 Å². The Kier molecular flexibility index (Phi) is 4.96. The third-order valence-corrected chi connectivity index (χ3v) is 4.37. The van der Waals surface area contributed by atoms with Crippen molar-refractivity contribution in [3.8, 4) is 11.3 Å². The maximum absolute atomic E-state index is 12.2. The number of likely N-dealkylation sites (tertiary alicyclic amines) is 1. The molecular formula is C18H20ClNO2. The lowest BCUT2D eigenvalue weighted by molar-refractivity contribution is 0.0932. The molecule has 0 atom stereocenters. The number of Topliss-reactive ketones (excluding diaryl/α,β-unsaturated/α-hetero) is 1. The van der Waals surface area contributed by atoms with Gasteiger partial charge in [0.05, 0.1) is 0 Å². The molecule has 1 aliphatic heterocycles. The fourth-order valence-corrected chi connectivity index (χ4v) is 2.95. The molecule has 0 saturated carbocycles. The minimum atomic E-state index is 0.0748. The van der Waals surface area contributed by atoms with Crippen LogP contribution in [0.1, 0.15) is 36.2 Å². The van der Waals surface area contributed by atoms with E-state index in [-0.39, 0.29) is 5.78 Å². The van der Waals surface area contributed by atoms with Gasteiger partial charge in [-0.3, -0.25) is 4.79 Å². The second-order valence-corrected chi connectivity index (χ2v) is 6.18. The SMILES string of the molecule is O=C(CCN1CCCCC1)c1ccc(-c2ccc(Cl)cc2)o1. The van der Waals surface area contributed by atoms with E-state index in [9.17, 15) is 4.79 Å². The monoisotopic (exact) mass is 317 g/mol. The largest absolute Gasteiger partial charge is 0.453 e. The lowest BCUT2D eigenvalue weighted by Gasteiger charge is -2.25. The van der Waals surface area contributed by atoms with Crippen molar-refractivity contribution < 1.29 is 9.21 Å². The summed E-state index contributed by atoms with van der Waals surface area (Å²) < 4.78 is 5.70. The smallest absolute Gasteiger partial charge is 0.199 e. The van der Waals surface area contributed by atoms with E-state index >= 15 is 0 Å². The molecule has 116 valence electrons. The predicted octanol–water partition coefficient (Wildman–Crippen LogP) is 4.66. The molecule has 3 rings (SSSR count). The number of piperidine rings is 1. The average molecular weight is 318 g/mol. The Hall–Kier alpha value is -1.58. The van der Waals surface area contributed by atoms with E-state index in [4.69, 9.17) is 16.0 Å². The first-order valence-electron chi connectivity index (χ1n) is 7.84. The van der Waals surface area contributed by atoms with Gasteiger partial charge in [0.1, 0.15) is 5.76 Å². The lowest BCUT2D eigenvalue weighted by atomic mass is 10.1. The molecule has 2 heterocycles. The number of carbonyl (C=O) groups excluding carboxylic acids is 1. The third-order valence-electron chi connectivity index (χ3n) is 4.11. The molecule has 0 amide bonds. The molecule has 3 nitrogen and oxygen atoms in total. The van der Waals surface area contributed by atoms with Crippen LogP contribution in [0.4, 0.5) is 0 Å². The molecule has 0 aliphatic carbocycles. The fourth-order valence-electron chi connectivity index (χ4n) is 2.82. The fraction of sp³-hybridized carbons (Fsp3) is 0.389. The zero-order valence-corrected chi connectivity index (χ0v) is 13.3. The predicted molar refractivity (Wildman–Crippen MR) is 88.4 cm³/mol. The van der Waals surface area contributed by atoms with Crippen molar-refractivity contribution in [3.63, 3.8) is 0 Å². The van der Waals surface area contributed by atoms with E-state index < -0.39 is 0 Å². The lowest BCUT2D eigenvalue weighted by Crippen LogP contribution is -2.31. The van der Waals surface area contributed by atoms with Crippen molar-refractivity contribution in [2.24, 2.45) is 0 Å². The summed E-state index contributed by atoms with van der Waals surface area (Å²) in [5, 5.41) is 0.688. The van der Waals surface area contributed by atoms with Gasteiger partial charge in [-0.1, -0.05) is 18.0 Å². The quantitative estimate of drug-likeness (QED) is 0.752. The number of rotatable bonds is 5. The Morgan fingerprint density at radius 3 is 2.50 bits per heavy atom. The highest BCUT2D eigenvalue weighted by Gasteiger charge is 2.15. The number of halogens is 1. The molecular weight excluding hydrogens is 298 g/mol. The van der Waals surface area contributed by atoms with Crippen molar-refractivity contribution >= 4 is 17.4 Å². The van der Waals surface area contributed by atoms with Gasteiger partial charge in [0.25, 0.3) is 0 Å². The van der Waals surface area contributed by atoms with Gasteiger partial charge >= 0.3 is 0 Å². The van der Waals surface area contributed by atoms with E-state index in [1.165, 1.54) is 19.3 Å². The average Bonchev–Trinajstić information content (AvgIpc) is 3.04. The molecule has 1 aliphatic rings. The summed E-state index contributed by atoms with van der Waals surface area (Å²) in [6.07, 6.45) is 4.33. The molecule has 1 aromatic heterocycles. The number of nitrogens with zero attached hydrogens (tertiary/aromatic N) is 1. The Labute approximate surface area is 135 Å². The number of hydrogen-bond acceptors (Lipinski definition) is 3. The first-order chi connectivity index (χ1) is 10.7. The van der Waals surface area contributed by atoms with Crippen LogP contribution in [0.3, 0.4) is 0 Å². The topological polar surface area (TPSA) is 33.5 Å². The van der Waals surface area contributed by atoms with E-state index in [0.717, 1.165) is 25.2 Å². The molecule has 0 spiro atoms. The van der Waals surface area contributed by atoms with E-state index in [0.29, 0.717) is 23.0 Å². The standard InChI is InChI=1S/C18H20ClNO2/c19-15-6-4-14(5-7-15)17-8-9-18(22-17)16(21)10-13-20-11-2-1-3-12-20/h4-9H,1-3,10-13H2. The highest BCUT2D eigenvalue weighted by atomic mass is 35.5. The number of carbonyl (C=O) groups is 1. The van der Waals surface area contributed by atoms with Crippen LogP contribution in [-0.2, 0) is 0 Å². The second kappa shape index (κ2) is 7.12. The third kappa shape index (κ3) is 3.79. The van der Waals surface area contributed by atoms with Gasteiger partial charge in [0.15, 0.2) is 11.5 Å². The first kappa shape index (κ1) is 15.3. The van der Waals surface area contributed by atoms with Crippen LogP contribution >= 0.6 is 11.6 Å². The van der Waals surface area contributed by atoms with Crippen LogP contribution < -0.4 is 0 Å². The molecule has 2 aromatic rings. The zero-order chi connectivity index (χ0) is 15.4. The Morgan fingerprint density at radius 1 is 1.05 bits per heavy atom. The van der Waals surface area contributed by atoms with Gasteiger partial charge in [0, 0.05) is 23.6 Å². The molecule has 0 radical (unpaired) electrons. The molecule has 4 heteroatoms. The number of furan rings is 1. The van der Waals surface area contributed by atoms with Crippen molar-refractivity contribution in [3.05, 3.63) is 47.2 Å². The summed E-state index contributed by atoms with van der Waals surface area (Å²) in [6.45, 7) is 3.05. The van der Waals surface area contributed by atoms with Crippen LogP contribution in [0.25, 0.3) is 11.3 Å².